The third-order valence-corrected chi connectivity index (χ3v) is 2.93. The normalized spacial score (nSPS) is 11.9. The Bertz CT molecular complexity index is 607. The van der Waals surface area contributed by atoms with Crippen LogP contribution in [0.3, 0.4) is 0 Å². The summed E-state index contributed by atoms with van der Waals surface area (Å²) in [4.78, 5) is 4.07. The van der Waals surface area contributed by atoms with Gasteiger partial charge in [0.05, 0.1) is 7.11 Å². The maximum Gasteiger partial charge on any atom is 0.264 e. The molecule has 1 unspecified atom stereocenters. The van der Waals surface area contributed by atoms with Crippen molar-refractivity contribution >= 4 is 12.4 Å². The van der Waals surface area contributed by atoms with E-state index in [-0.39, 0.29) is 35.7 Å². The number of nitrogens with zero attached hydrogens (tertiary/aromatic N) is 2. The summed E-state index contributed by atoms with van der Waals surface area (Å²) in [5, 5.41) is 6.78. The summed E-state index contributed by atoms with van der Waals surface area (Å²) in [6.07, 6.45) is 0.513. The van der Waals surface area contributed by atoms with Gasteiger partial charge >= 0.3 is 0 Å². The molecule has 1 N–H and O–H groups in total. The van der Waals surface area contributed by atoms with Crippen LogP contribution in [0.5, 0.6) is 5.75 Å². The fraction of sp³-hybridized carbons (Fsp3) is 0.385. The molecule has 0 aliphatic rings. The molecule has 116 valence electrons. The molecule has 1 heterocycles. The Labute approximate surface area is 127 Å². The highest BCUT2D eigenvalue weighted by Gasteiger charge is 2.22. The minimum atomic E-state index is -0.688. The summed E-state index contributed by atoms with van der Waals surface area (Å²) >= 11 is 0. The minimum Gasteiger partial charge on any atom is -0.493 e. The Hall–Kier alpha value is -1.73. The van der Waals surface area contributed by atoms with Crippen molar-refractivity contribution in [1.29, 1.82) is 0 Å². The van der Waals surface area contributed by atoms with Gasteiger partial charge in [-0.05, 0) is 26.1 Å². The second-order valence-electron chi connectivity index (χ2n) is 4.35. The lowest BCUT2D eigenvalue weighted by Crippen LogP contribution is -2.24. The number of hydrogen-bond acceptors (Lipinski definition) is 5. The van der Waals surface area contributed by atoms with Crippen LogP contribution in [0.25, 0.3) is 11.5 Å². The average molecular weight is 320 g/mol. The first-order valence-corrected chi connectivity index (χ1v) is 6.09. The zero-order chi connectivity index (χ0) is 14.7. The molecular weight excluding hydrogens is 304 g/mol. The van der Waals surface area contributed by atoms with Crippen molar-refractivity contribution in [3.05, 3.63) is 29.6 Å². The molecule has 0 spiro atoms. The van der Waals surface area contributed by atoms with Crippen LogP contribution in [0.4, 0.5) is 8.78 Å². The van der Waals surface area contributed by atoms with Crippen LogP contribution < -0.4 is 10.1 Å². The molecule has 8 heteroatoms. The number of ether oxygens (including phenoxy) is 1. The third kappa shape index (κ3) is 3.68. The molecule has 2 aromatic rings. The molecule has 2 rings (SSSR count). The first-order chi connectivity index (χ1) is 9.56. The van der Waals surface area contributed by atoms with E-state index < -0.39 is 11.6 Å². The molecule has 0 bridgehead atoms. The van der Waals surface area contributed by atoms with Crippen molar-refractivity contribution in [2.45, 2.75) is 19.4 Å². The number of hydrogen-bond donors (Lipinski definition) is 1. The highest BCUT2D eigenvalue weighted by molar-refractivity contribution is 5.85. The Kier molecular flexibility index (Phi) is 6.04. The van der Waals surface area contributed by atoms with Crippen LogP contribution in [0.2, 0.25) is 0 Å². The van der Waals surface area contributed by atoms with Gasteiger partial charge in [-0.1, -0.05) is 5.16 Å². The molecule has 0 fully saturated rings. The number of benzene rings is 1. The van der Waals surface area contributed by atoms with Crippen LogP contribution in [0, 0.1) is 11.6 Å². The lowest BCUT2D eigenvalue weighted by atomic mass is 10.1. The van der Waals surface area contributed by atoms with E-state index in [0.29, 0.717) is 12.2 Å². The molecule has 0 amide bonds. The van der Waals surface area contributed by atoms with Gasteiger partial charge in [-0.25, -0.2) is 8.78 Å². The highest BCUT2D eigenvalue weighted by Crippen LogP contribution is 2.33. The van der Waals surface area contributed by atoms with Crippen molar-refractivity contribution in [3.63, 3.8) is 0 Å². The van der Waals surface area contributed by atoms with E-state index >= 15 is 0 Å². The minimum absolute atomic E-state index is 0. The fourth-order valence-electron chi connectivity index (χ4n) is 1.75. The molecule has 0 saturated carbocycles. The number of nitrogens with one attached hydrogen (secondary N) is 1. The monoisotopic (exact) mass is 319 g/mol. The second-order valence-corrected chi connectivity index (χ2v) is 4.35. The predicted molar refractivity (Wildman–Crippen MR) is 75.7 cm³/mol. The summed E-state index contributed by atoms with van der Waals surface area (Å²) < 4.78 is 37.3. The lowest BCUT2D eigenvalue weighted by Gasteiger charge is -2.07. The molecular formula is C13H16ClF2N3O2. The molecule has 0 aliphatic carbocycles. The number of likely N-dealkylation sites (N-methyl/N-ethyl adjacent to an activating group) is 1. The van der Waals surface area contributed by atoms with Crippen LogP contribution in [0.1, 0.15) is 12.7 Å². The maximum absolute atomic E-state index is 13.9. The largest absolute Gasteiger partial charge is 0.493 e. The molecule has 1 aromatic carbocycles. The predicted octanol–water partition coefficient (Wildman–Crippen LogP) is 2.60. The topological polar surface area (TPSA) is 60.2 Å². The first kappa shape index (κ1) is 17.3. The average Bonchev–Trinajstić information content (AvgIpc) is 2.88. The Balaban J connectivity index is 0.00000220. The standard InChI is InChI=1S/C13H15F2N3O2.ClH/c1-7(16-2)6-10-17-13(20-18-10)11-8(14)4-5-9(15)12(11)19-3;/h4-5,7,16H,6H2,1-3H3;1H. The van der Waals surface area contributed by atoms with Crippen molar-refractivity contribution in [3.8, 4) is 17.2 Å². The smallest absolute Gasteiger partial charge is 0.264 e. The summed E-state index contributed by atoms with van der Waals surface area (Å²) in [6, 6.07) is 2.12. The summed E-state index contributed by atoms with van der Waals surface area (Å²) in [5.74, 6) is -1.31. The van der Waals surface area contributed by atoms with Crippen molar-refractivity contribution in [2.75, 3.05) is 14.2 Å². The van der Waals surface area contributed by atoms with E-state index in [2.05, 4.69) is 15.5 Å². The van der Waals surface area contributed by atoms with Crippen LogP contribution in [0.15, 0.2) is 16.7 Å². The van der Waals surface area contributed by atoms with Crippen molar-refractivity contribution in [1.82, 2.24) is 15.5 Å². The second kappa shape index (κ2) is 7.33. The number of rotatable bonds is 5. The SMILES string of the molecule is CNC(C)Cc1noc(-c2c(F)ccc(F)c2OC)n1.Cl. The van der Waals surface area contributed by atoms with Gasteiger partial charge < -0.3 is 14.6 Å². The molecule has 0 aliphatic heterocycles. The molecule has 1 aromatic heterocycles. The van der Waals surface area contributed by atoms with Crippen LogP contribution in [-0.4, -0.2) is 30.3 Å². The van der Waals surface area contributed by atoms with Gasteiger partial charge in [-0.3, -0.25) is 0 Å². The van der Waals surface area contributed by atoms with Gasteiger partial charge in [-0.2, -0.15) is 4.98 Å². The van der Waals surface area contributed by atoms with Gasteiger partial charge in [0.2, 0.25) is 0 Å². The first-order valence-electron chi connectivity index (χ1n) is 6.09. The zero-order valence-corrected chi connectivity index (χ0v) is 12.6. The van der Waals surface area contributed by atoms with Crippen molar-refractivity contribution < 1.29 is 18.0 Å². The number of halogens is 3. The van der Waals surface area contributed by atoms with Gasteiger partial charge in [0.1, 0.15) is 11.4 Å². The molecule has 0 radical (unpaired) electrons. The van der Waals surface area contributed by atoms with E-state index in [9.17, 15) is 8.78 Å². The Morgan fingerprint density at radius 3 is 2.62 bits per heavy atom. The van der Waals surface area contributed by atoms with E-state index in [1.807, 2.05) is 6.92 Å². The number of aromatic nitrogens is 2. The van der Waals surface area contributed by atoms with E-state index in [0.717, 1.165) is 12.1 Å². The van der Waals surface area contributed by atoms with Gasteiger partial charge in [0, 0.05) is 12.5 Å². The lowest BCUT2D eigenvalue weighted by molar-refractivity contribution is 0.376. The molecule has 21 heavy (non-hydrogen) atoms. The molecule has 5 nitrogen and oxygen atoms in total. The maximum atomic E-state index is 13.9. The van der Waals surface area contributed by atoms with Crippen molar-refractivity contribution in [2.24, 2.45) is 0 Å². The van der Waals surface area contributed by atoms with Crippen LogP contribution >= 0.6 is 12.4 Å². The van der Waals surface area contributed by atoms with Gasteiger partial charge in [0.25, 0.3) is 5.89 Å². The molecule has 1 atom stereocenters. The number of methoxy groups -OCH3 is 1. The van der Waals surface area contributed by atoms with E-state index in [1.165, 1.54) is 7.11 Å². The van der Waals surface area contributed by atoms with Gasteiger partial charge in [-0.15, -0.1) is 12.4 Å². The molecule has 0 saturated heterocycles. The zero-order valence-electron chi connectivity index (χ0n) is 11.8. The van der Waals surface area contributed by atoms with E-state index in [4.69, 9.17) is 9.26 Å². The third-order valence-electron chi connectivity index (χ3n) is 2.93. The quantitative estimate of drug-likeness (QED) is 0.918. The van der Waals surface area contributed by atoms with Gasteiger partial charge in [0.15, 0.2) is 17.4 Å². The highest BCUT2D eigenvalue weighted by atomic mass is 35.5. The van der Waals surface area contributed by atoms with E-state index in [1.54, 1.807) is 7.05 Å². The Morgan fingerprint density at radius 2 is 2.00 bits per heavy atom. The van der Waals surface area contributed by atoms with Crippen LogP contribution in [-0.2, 0) is 6.42 Å². The summed E-state index contributed by atoms with van der Waals surface area (Å²) in [5.41, 5.74) is -0.164. The summed E-state index contributed by atoms with van der Waals surface area (Å²) in [7, 11) is 3.06. The Morgan fingerprint density at radius 1 is 1.33 bits per heavy atom. The summed E-state index contributed by atoms with van der Waals surface area (Å²) in [6.45, 7) is 1.94. The fourth-order valence-corrected chi connectivity index (χ4v) is 1.75.